The number of rotatable bonds is 10. The SMILES string of the molecule is CCN(CC)CCNC(Cc1ccccc1)c1c(OC)ccc2ccccc12. The molecule has 3 aromatic rings. The molecule has 0 aliphatic rings. The van der Waals surface area contributed by atoms with Crippen molar-refractivity contribution in [2.45, 2.75) is 26.3 Å². The Bertz CT molecular complexity index is 859. The normalized spacial score (nSPS) is 12.4. The van der Waals surface area contributed by atoms with Gasteiger partial charge in [0.15, 0.2) is 0 Å². The molecule has 0 spiro atoms. The molecule has 0 aliphatic carbocycles. The van der Waals surface area contributed by atoms with Crippen LogP contribution in [0.15, 0.2) is 66.7 Å². The summed E-state index contributed by atoms with van der Waals surface area (Å²) in [7, 11) is 1.77. The number of likely N-dealkylation sites (N-methyl/N-ethyl adjacent to an activating group) is 1. The Kier molecular flexibility index (Phi) is 7.46. The van der Waals surface area contributed by atoms with Crippen LogP contribution in [0.5, 0.6) is 5.75 Å². The molecule has 0 amide bonds. The number of hydrogen-bond acceptors (Lipinski definition) is 3. The van der Waals surface area contributed by atoms with Crippen molar-refractivity contribution in [2.24, 2.45) is 0 Å². The molecule has 3 heteroatoms. The number of fused-ring (bicyclic) bond motifs is 1. The Balaban J connectivity index is 1.95. The van der Waals surface area contributed by atoms with E-state index >= 15 is 0 Å². The van der Waals surface area contributed by atoms with Crippen molar-refractivity contribution < 1.29 is 4.74 Å². The zero-order chi connectivity index (χ0) is 19.8. The Morgan fingerprint density at radius 2 is 1.61 bits per heavy atom. The molecule has 3 aromatic carbocycles. The molecule has 0 fully saturated rings. The van der Waals surface area contributed by atoms with Gasteiger partial charge in [0.2, 0.25) is 0 Å². The van der Waals surface area contributed by atoms with Crippen LogP contribution in [0.4, 0.5) is 0 Å². The molecular weight excluding hydrogens is 344 g/mol. The summed E-state index contributed by atoms with van der Waals surface area (Å²) in [6.07, 6.45) is 0.934. The standard InChI is InChI=1S/C25H32N2O/c1-4-27(5-2)18-17-26-23(19-20-11-7-6-8-12-20)25-22-14-10-9-13-21(22)15-16-24(25)28-3/h6-16,23,26H,4-5,17-19H2,1-3H3. The van der Waals surface area contributed by atoms with Gasteiger partial charge in [-0.3, -0.25) is 0 Å². The number of ether oxygens (including phenoxy) is 1. The van der Waals surface area contributed by atoms with Crippen LogP contribution in [0, 0.1) is 0 Å². The van der Waals surface area contributed by atoms with E-state index in [1.807, 2.05) is 0 Å². The molecule has 1 N–H and O–H groups in total. The quantitative estimate of drug-likeness (QED) is 0.535. The van der Waals surface area contributed by atoms with Crippen LogP contribution in [-0.4, -0.2) is 38.2 Å². The molecule has 1 atom stereocenters. The summed E-state index contributed by atoms with van der Waals surface area (Å²) in [5, 5.41) is 6.34. The van der Waals surface area contributed by atoms with Gasteiger partial charge in [-0.2, -0.15) is 0 Å². The Morgan fingerprint density at radius 1 is 0.893 bits per heavy atom. The maximum absolute atomic E-state index is 5.79. The summed E-state index contributed by atoms with van der Waals surface area (Å²) in [4.78, 5) is 2.45. The van der Waals surface area contributed by atoms with Crippen LogP contribution < -0.4 is 10.1 Å². The first-order valence-electron chi connectivity index (χ1n) is 10.3. The molecule has 0 saturated carbocycles. The molecule has 28 heavy (non-hydrogen) atoms. The van der Waals surface area contributed by atoms with Gasteiger partial charge < -0.3 is 15.0 Å². The number of nitrogens with one attached hydrogen (secondary N) is 1. The van der Waals surface area contributed by atoms with Gasteiger partial charge in [-0.05, 0) is 41.9 Å². The van der Waals surface area contributed by atoms with Crippen molar-refractivity contribution in [3.05, 3.63) is 77.9 Å². The van der Waals surface area contributed by atoms with Gasteiger partial charge in [-0.25, -0.2) is 0 Å². The predicted molar refractivity (Wildman–Crippen MR) is 119 cm³/mol. The molecule has 0 aromatic heterocycles. The second-order valence-electron chi connectivity index (χ2n) is 7.13. The summed E-state index contributed by atoms with van der Waals surface area (Å²) < 4.78 is 5.79. The number of nitrogens with zero attached hydrogens (tertiary/aromatic N) is 1. The van der Waals surface area contributed by atoms with E-state index in [2.05, 4.69) is 90.8 Å². The van der Waals surface area contributed by atoms with E-state index in [0.717, 1.165) is 38.3 Å². The summed E-state index contributed by atoms with van der Waals surface area (Å²) in [5.74, 6) is 0.954. The lowest BCUT2D eigenvalue weighted by Crippen LogP contribution is -2.34. The monoisotopic (exact) mass is 376 g/mol. The Morgan fingerprint density at radius 3 is 2.32 bits per heavy atom. The maximum atomic E-state index is 5.79. The number of hydrogen-bond donors (Lipinski definition) is 1. The summed E-state index contributed by atoms with van der Waals surface area (Å²) in [6, 6.07) is 23.7. The van der Waals surface area contributed by atoms with Crippen LogP contribution >= 0.6 is 0 Å². The second kappa shape index (κ2) is 10.3. The first-order valence-corrected chi connectivity index (χ1v) is 10.3. The van der Waals surface area contributed by atoms with Crippen molar-refractivity contribution in [3.63, 3.8) is 0 Å². The fourth-order valence-electron chi connectivity index (χ4n) is 3.88. The van der Waals surface area contributed by atoms with Crippen LogP contribution in [0.3, 0.4) is 0 Å². The highest BCUT2D eigenvalue weighted by Gasteiger charge is 2.19. The van der Waals surface area contributed by atoms with Gasteiger partial charge in [0, 0.05) is 24.7 Å². The van der Waals surface area contributed by atoms with Crippen LogP contribution in [0.25, 0.3) is 10.8 Å². The van der Waals surface area contributed by atoms with Crippen molar-refractivity contribution >= 4 is 10.8 Å². The third kappa shape index (κ3) is 4.92. The molecule has 148 valence electrons. The number of methoxy groups -OCH3 is 1. The van der Waals surface area contributed by atoms with E-state index in [1.54, 1.807) is 7.11 Å². The highest BCUT2D eigenvalue weighted by Crippen LogP contribution is 2.34. The average molecular weight is 377 g/mol. The van der Waals surface area contributed by atoms with Gasteiger partial charge in [0.25, 0.3) is 0 Å². The third-order valence-corrected chi connectivity index (χ3v) is 5.49. The van der Waals surface area contributed by atoms with Crippen molar-refractivity contribution in [2.75, 3.05) is 33.3 Å². The molecular formula is C25H32N2O. The first kappa shape index (κ1) is 20.4. The third-order valence-electron chi connectivity index (χ3n) is 5.49. The lowest BCUT2D eigenvalue weighted by Gasteiger charge is -2.25. The summed E-state index contributed by atoms with van der Waals surface area (Å²) in [6.45, 7) is 8.60. The van der Waals surface area contributed by atoms with E-state index in [1.165, 1.54) is 21.9 Å². The average Bonchev–Trinajstić information content (AvgIpc) is 2.76. The van der Waals surface area contributed by atoms with Gasteiger partial charge in [0.1, 0.15) is 5.75 Å². The van der Waals surface area contributed by atoms with E-state index in [9.17, 15) is 0 Å². The zero-order valence-electron chi connectivity index (χ0n) is 17.3. The smallest absolute Gasteiger partial charge is 0.124 e. The van der Waals surface area contributed by atoms with E-state index in [0.29, 0.717) is 0 Å². The fourth-order valence-corrected chi connectivity index (χ4v) is 3.88. The van der Waals surface area contributed by atoms with Crippen LogP contribution in [0.1, 0.15) is 31.0 Å². The number of benzene rings is 3. The fraction of sp³-hybridized carbons (Fsp3) is 0.360. The van der Waals surface area contributed by atoms with Gasteiger partial charge in [-0.1, -0.05) is 74.5 Å². The van der Waals surface area contributed by atoms with Crippen molar-refractivity contribution in [1.29, 1.82) is 0 Å². The summed E-state index contributed by atoms with van der Waals surface area (Å²) in [5.41, 5.74) is 2.59. The van der Waals surface area contributed by atoms with Crippen LogP contribution in [0.2, 0.25) is 0 Å². The van der Waals surface area contributed by atoms with Crippen molar-refractivity contribution in [3.8, 4) is 5.75 Å². The maximum Gasteiger partial charge on any atom is 0.124 e. The van der Waals surface area contributed by atoms with Gasteiger partial charge >= 0.3 is 0 Å². The second-order valence-corrected chi connectivity index (χ2v) is 7.13. The van der Waals surface area contributed by atoms with Crippen molar-refractivity contribution in [1.82, 2.24) is 10.2 Å². The highest BCUT2D eigenvalue weighted by molar-refractivity contribution is 5.88. The Hall–Kier alpha value is -2.36. The molecule has 3 rings (SSSR count). The molecule has 0 bridgehead atoms. The minimum absolute atomic E-state index is 0.194. The molecule has 0 radical (unpaired) electrons. The largest absolute Gasteiger partial charge is 0.496 e. The lowest BCUT2D eigenvalue weighted by molar-refractivity contribution is 0.295. The molecule has 0 heterocycles. The minimum atomic E-state index is 0.194. The van der Waals surface area contributed by atoms with E-state index in [-0.39, 0.29) is 6.04 Å². The van der Waals surface area contributed by atoms with Gasteiger partial charge in [0.05, 0.1) is 7.11 Å². The molecule has 0 saturated heterocycles. The lowest BCUT2D eigenvalue weighted by atomic mass is 9.93. The molecule has 1 unspecified atom stereocenters. The Labute approximate surface area is 169 Å². The molecule has 0 aliphatic heterocycles. The first-order chi connectivity index (χ1) is 13.8. The van der Waals surface area contributed by atoms with E-state index in [4.69, 9.17) is 4.74 Å². The summed E-state index contributed by atoms with van der Waals surface area (Å²) >= 11 is 0. The topological polar surface area (TPSA) is 24.5 Å². The minimum Gasteiger partial charge on any atom is -0.496 e. The van der Waals surface area contributed by atoms with Crippen LogP contribution in [-0.2, 0) is 6.42 Å². The molecule has 3 nitrogen and oxygen atoms in total. The predicted octanol–water partition coefficient (Wildman–Crippen LogP) is 5.06. The van der Waals surface area contributed by atoms with E-state index < -0.39 is 0 Å². The highest BCUT2D eigenvalue weighted by atomic mass is 16.5. The zero-order valence-corrected chi connectivity index (χ0v) is 17.3. The van der Waals surface area contributed by atoms with Gasteiger partial charge in [-0.15, -0.1) is 0 Å².